The zero-order chi connectivity index (χ0) is 24.4. The van der Waals surface area contributed by atoms with Gasteiger partial charge in [-0.05, 0) is 31.0 Å². The smallest absolute Gasteiger partial charge is 0.340 e. The van der Waals surface area contributed by atoms with E-state index in [2.05, 4.69) is 10.2 Å². The van der Waals surface area contributed by atoms with Gasteiger partial charge in [-0.2, -0.15) is 18.3 Å². The normalized spacial score (nSPS) is 18.8. The van der Waals surface area contributed by atoms with E-state index in [0.29, 0.717) is 5.69 Å². The molecule has 10 heteroatoms. The number of likely N-dealkylation sites (tertiary alicyclic amines) is 1. The molecular weight excluding hydrogens is 437 g/mol. The van der Waals surface area contributed by atoms with Crippen LogP contribution >= 0.6 is 0 Å². The van der Waals surface area contributed by atoms with E-state index in [0.717, 1.165) is 35.6 Å². The number of halogens is 3. The zero-order valence-corrected chi connectivity index (χ0v) is 18.8. The van der Waals surface area contributed by atoms with Crippen LogP contribution in [0, 0.1) is 0 Å². The van der Waals surface area contributed by atoms with Gasteiger partial charge in [-0.3, -0.25) is 24.4 Å². The SMILES string of the molecule is CCCc1cc(CN(C)C(=O)C[C@@]2(c3cccc(C(F)(F)F)c3)CC(=O)N(CC)C2=O)[nH]n1. The lowest BCUT2D eigenvalue weighted by atomic mass is 9.75. The molecule has 1 fully saturated rings. The molecule has 3 amide bonds. The number of carbonyl (C=O) groups excluding carboxylic acids is 3. The van der Waals surface area contributed by atoms with Crippen LogP contribution in [0.4, 0.5) is 13.2 Å². The molecule has 7 nitrogen and oxygen atoms in total. The van der Waals surface area contributed by atoms with E-state index in [1.165, 1.54) is 17.0 Å². The lowest BCUT2D eigenvalue weighted by Crippen LogP contribution is -2.42. The number of aryl methyl sites for hydroxylation is 1. The molecule has 0 bridgehead atoms. The van der Waals surface area contributed by atoms with Crippen molar-refractivity contribution in [3.8, 4) is 0 Å². The summed E-state index contributed by atoms with van der Waals surface area (Å²) in [5.74, 6) is -1.62. The molecule has 1 N–H and O–H groups in total. The number of amides is 3. The predicted molar refractivity (Wildman–Crippen MR) is 114 cm³/mol. The second-order valence-electron chi connectivity index (χ2n) is 8.34. The Hall–Kier alpha value is -3.17. The van der Waals surface area contributed by atoms with Crippen LogP contribution in [0.1, 0.15) is 55.6 Å². The van der Waals surface area contributed by atoms with Crippen molar-refractivity contribution >= 4 is 17.7 Å². The lowest BCUT2D eigenvalue weighted by Gasteiger charge is -2.29. The molecule has 0 spiro atoms. The van der Waals surface area contributed by atoms with Crippen molar-refractivity contribution in [1.29, 1.82) is 0 Å². The molecule has 1 saturated heterocycles. The van der Waals surface area contributed by atoms with Gasteiger partial charge in [-0.15, -0.1) is 0 Å². The summed E-state index contributed by atoms with van der Waals surface area (Å²) < 4.78 is 40.0. The third-order valence-electron chi connectivity index (χ3n) is 5.94. The molecule has 0 saturated carbocycles. The maximum absolute atomic E-state index is 13.3. The molecule has 1 atom stereocenters. The number of hydrogen-bond donors (Lipinski definition) is 1. The van der Waals surface area contributed by atoms with Crippen molar-refractivity contribution in [3.05, 3.63) is 52.8 Å². The zero-order valence-electron chi connectivity index (χ0n) is 18.8. The molecule has 1 aliphatic rings. The molecule has 1 aromatic heterocycles. The number of likely N-dealkylation sites (N-methyl/N-ethyl adjacent to an activating group) is 1. The van der Waals surface area contributed by atoms with Gasteiger partial charge >= 0.3 is 6.18 Å². The number of nitrogens with zero attached hydrogens (tertiary/aromatic N) is 3. The summed E-state index contributed by atoms with van der Waals surface area (Å²) in [7, 11) is 1.54. The van der Waals surface area contributed by atoms with E-state index < -0.39 is 41.3 Å². The molecule has 0 radical (unpaired) electrons. The number of aromatic nitrogens is 2. The first-order valence-corrected chi connectivity index (χ1v) is 10.8. The van der Waals surface area contributed by atoms with E-state index in [1.54, 1.807) is 14.0 Å². The van der Waals surface area contributed by atoms with Gasteiger partial charge < -0.3 is 4.90 Å². The molecule has 178 valence electrons. The summed E-state index contributed by atoms with van der Waals surface area (Å²) in [5.41, 5.74) is -1.03. The fraction of sp³-hybridized carbons (Fsp3) is 0.478. The Kier molecular flexibility index (Phi) is 6.94. The summed E-state index contributed by atoms with van der Waals surface area (Å²) in [5, 5.41) is 7.05. The van der Waals surface area contributed by atoms with Gasteiger partial charge in [0.15, 0.2) is 0 Å². The molecule has 33 heavy (non-hydrogen) atoms. The van der Waals surface area contributed by atoms with Crippen molar-refractivity contribution < 1.29 is 27.6 Å². The van der Waals surface area contributed by atoms with Crippen LogP contribution in [0.15, 0.2) is 30.3 Å². The topological polar surface area (TPSA) is 86.4 Å². The Morgan fingerprint density at radius 2 is 1.97 bits per heavy atom. The summed E-state index contributed by atoms with van der Waals surface area (Å²) >= 11 is 0. The number of H-pyrrole nitrogens is 1. The number of hydrogen-bond acceptors (Lipinski definition) is 4. The fourth-order valence-corrected chi connectivity index (χ4v) is 4.19. The second-order valence-corrected chi connectivity index (χ2v) is 8.34. The molecule has 0 unspecified atom stereocenters. The average molecular weight is 464 g/mol. The van der Waals surface area contributed by atoms with Crippen LogP contribution in [0.25, 0.3) is 0 Å². The van der Waals surface area contributed by atoms with Gasteiger partial charge in [0.2, 0.25) is 17.7 Å². The van der Waals surface area contributed by atoms with Gasteiger partial charge in [0.1, 0.15) is 0 Å². The summed E-state index contributed by atoms with van der Waals surface area (Å²) in [6.45, 7) is 3.90. The Morgan fingerprint density at radius 1 is 1.24 bits per heavy atom. The third kappa shape index (κ3) is 4.94. The van der Waals surface area contributed by atoms with Gasteiger partial charge in [0.25, 0.3) is 0 Å². The Labute approximate surface area is 189 Å². The summed E-state index contributed by atoms with van der Waals surface area (Å²) in [6.07, 6.45) is -3.68. The number of aromatic amines is 1. The number of carbonyl (C=O) groups is 3. The first kappa shape index (κ1) is 24.5. The second kappa shape index (κ2) is 9.36. The van der Waals surface area contributed by atoms with E-state index in [9.17, 15) is 27.6 Å². The first-order chi connectivity index (χ1) is 15.5. The van der Waals surface area contributed by atoms with Crippen molar-refractivity contribution in [3.63, 3.8) is 0 Å². The number of imide groups is 1. The largest absolute Gasteiger partial charge is 0.416 e. The fourth-order valence-electron chi connectivity index (χ4n) is 4.19. The van der Waals surface area contributed by atoms with Crippen LogP contribution < -0.4 is 0 Å². The van der Waals surface area contributed by atoms with Crippen molar-refractivity contribution in [1.82, 2.24) is 20.0 Å². The van der Waals surface area contributed by atoms with Gasteiger partial charge in [-0.1, -0.05) is 31.5 Å². The maximum atomic E-state index is 13.3. The Morgan fingerprint density at radius 3 is 2.58 bits per heavy atom. The van der Waals surface area contributed by atoms with E-state index in [-0.39, 0.29) is 25.1 Å². The molecule has 2 heterocycles. The highest BCUT2D eigenvalue weighted by atomic mass is 19.4. The van der Waals surface area contributed by atoms with Crippen LogP contribution in [-0.2, 0) is 38.9 Å². The highest BCUT2D eigenvalue weighted by Gasteiger charge is 2.54. The molecule has 1 aromatic carbocycles. The Balaban J connectivity index is 1.91. The van der Waals surface area contributed by atoms with Gasteiger partial charge in [-0.25, -0.2) is 0 Å². The third-order valence-corrected chi connectivity index (χ3v) is 5.94. The highest BCUT2D eigenvalue weighted by molar-refractivity contribution is 6.10. The van der Waals surface area contributed by atoms with Gasteiger partial charge in [0, 0.05) is 26.4 Å². The predicted octanol–water partition coefficient (Wildman–Crippen LogP) is 3.45. The molecule has 1 aliphatic heterocycles. The molecular formula is C23H27F3N4O3. The number of alkyl halides is 3. The minimum Gasteiger partial charge on any atom is -0.340 e. The van der Waals surface area contributed by atoms with Gasteiger partial charge in [0.05, 0.1) is 28.9 Å². The Bertz CT molecular complexity index is 1050. The minimum atomic E-state index is -4.62. The highest BCUT2D eigenvalue weighted by Crippen LogP contribution is 2.42. The van der Waals surface area contributed by atoms with Crippen molar-refractivity contribution in [2.24, 2.45) is 0 Å². The number of rotatable bonds is 8. The van der Waals surface area contributed by atoms with E-state index in [1.807, 2.05) is 13.0 Å². The van der Waals surface area contributed by atoms with Crippen molar-refractivity contribution in [2.45, 2.75) is 57.7 Å². The lowest BCUT2D eigenvalue weighted by molar-refractivity contribution is -0.142. The summed E-state index contributed by atoms with van der Waals surface area (Å²) in [4.78, 5) is 41.3. The van der Waals surface area contributed by atoms with Crippen LogP contribution in [0.3, 0.4) is 0 Å². The quantitative estimate of drug-likeness (QED) is 0.607. The average Bonchev–Trinajstić information content (AvgIpc) is 3.29. The van der Waals surface area contributed by atoms with E-state index in [4.69, 9.17) is 0 Å². The van der Waals surface area contributed by atoms with Crippen molar-refractivity contribution in [2.75, 3.05) is 13.6 Å². The van der Waals surface area contributed by atoms with Crippen LogP contribution in [-0.4, -0.2) is 51.3 Å². The van der Waals surface area contributed by atoms with Crippen LogP contribution in [0.5, 0.6) is 0 Å². The maximum Gasteiger partial charge on any atom is 0.416 e. The van der Waals surface area contributed by atoms with Crippen LogP contribution in [0.2, 0.25) is 0 Å². The van der Waals surface area contributed by atoms with E-state index >= 15 is 0 Å². The first-order valence-electron chi connectivity index (χ1n) is 10.8. The minimum absolute atomic E-state index is 0.0140. The summed E-state index contributed by atoms with van der Waals surface area (Å²) in [6, 6.07) is 6.18. The number of nitrogens with one attached hydrogen (secondary N) is 1. The molecule has 0 aliphatic carbocycles. The number of benzene rings is 1. The molecule has 3 rings (SSSR count). The standard InChI is InChI=1S/C23H27F3N4O3/c1-4-7-17-11-18(28-27-17)14-29(3)19(31)12-22(13-20(32)30(5-2)21(22)33)15-8-6-9-16(10-15)23(24,25)26/h6,8-11H,4-5,7,12-14H2,1-3H3,(H,27,28)/t22-/m0/s1. The molecule has 2 aromatic rings. The monoisotopic (exact) mass is 464 g/mol.